The third kappa shape index (κ3) is 3.90. The highest BCUT2D eigenvalue weighted by atomic mass is 16.5. The molecule has 2 heterocycles. The zero-order valence-corrected chi connectivity index (χ0v) is 16.5. The minimum atomic E-state index is -0.259. The number of anilines is 1. The largest absolute Gasteiger partial charge is 0.497 e. The summed E-state index contributed by atoms with van der Waals surface area (Å²) in [5.74, 6) is 0.890. The molecule has 0 bridgehead atoms. The van der Waals surface area contributed by atoms with Crippen molar-refractivity contribution in [1.29, 1.82) is 0 Å². The van der Waals surface area contributed by atoms with E-state index in [1.54, 1.807) is 13.2 Å². The van der Waals surface area contributed by atoms with Crippen molar-refractivity contribution < 1.29 is 14.1 Å². The average molecular weight is 379 g/mol. The molecule has 1 N–H and O–H groups in total. The SMILES string of the molecule is CCc1ccc2c(C[NH+]3CCN(c4cccc(OC)c4)CC3)cc(=O)oc2c1. The minimum Gasteiger partial charge on any atom is -0.497 e. The second kappa shape index (κ2) is 8.07. The fourth-order valence-electron chi connectivity index (χ4n) is 3.97. The summed E-state index contributed by atoms with van der Waals surface area (Å²) in [7, 11) is 1.70. The lowest BCUT2D eigenvalue weighted by molar-refractivity contribution is -0.914. The first kappa shape index (κ1) is 18.6. The Morgan fingerprint density at radius 2 is 1.93 bits per heavy atom. The minimum absolute atomic E-state index is 0.259. The number of nitrogens with one attached hydrogen (secondary N) is 1. The van der Waals surface area contributed by atoms with Crippen molar-refractivity contribution in [2.75, 3.05) is 38.2 Å². The highest BCUT2D eigenvalue weighted by Gasteiger charge is 2.22. The Morgan fingerprint density at radius 1 is 1.11 bits per heavy atom. The molecule has 146 valence electrons. The molecule has 1 aromatic heterocycles. The zero-order valence-electron chi connectivity index (χ0n) is 16.5. The predicted octanol–water partition coefficient (Wildman–Crippen LogP) is 2.27. The summed E-state index contributed by atoms with van der Waals surface area (Å²) in [6, 6.07) is 16.1. The van der Waals surface area contributed by atoms with Crippen molar-refractivity contribution in [3.8, 4) is 5.75 Å². The molecular weight excluding hydrogens is 352 g/mol. The van der Waals surface area contributed by atoms with Crippen LogP contribution in [0.3, 0.4) is 0 Å². The standard InChI is InChI=1S/C23H26N2O3/c1-3-17-7-8-21-18(14-23(26)28-22(21)13-17)16-24-9-11-25(12-10-24)19-5-4-6-20(15-19)27-2/h4-8,13-15H,3,9-12,16H2,1-2H3/p+1. The van der Waals surface area contributed by atoms with E-state index in [1.807, 2.05) is 18.2 Å². The molecule has 1 fully saturated rings. The van der Waals surface area contributed by atoms with Gasteiger partial charge in [-0.1, -0.05) is 25.1 Å². The third-order valence-corrected chi connectivity index (χ3v) is 5.63. The van der Waals surface area contributed by atoms with Crippen LogP contribution in [0.2, 0.25) is 0 Å². The van der Waals surface area contributed by atoms with Gasteiger partial charge in [-0.15, -0.1) is 0 Å². The predicted molar refractivity (Wildman–Crippen MR) is 111 cm³/mol. The topological polar surface area (TPSA) is 47.1 Å². The molecule has 0 spiro atoms. The number of ether oxygens (including phenoxy) is 1. The van der Waals surface area contributed by atoms with Crippen LogP contribution in [0.15, 0.2) is 57.7 Å². The highest BCUT2D eigenvalue weighted by molar-refractivity contribution is 5.80. The molecule has 5 heteroatoms. The van der Waals surface area contributed by atoms with E-state index in [2.05, 4.69) is 36.1 Å². The van der Waals surface area contributed by atoms with Crippen LogP contribution < -0.4 is 20.2 Å². The zero-order chi connectivity index (χ0) is 19.5. The Balaban J connectivity index is 1.48. The number of aryl methyl sites for hydroxylation is 1. The lowest BCUT2D eigenvalue weighted by atomic mass is 10.1. The second-order valence-corrected chi connectivity index (χ2v) is 7.39. The summed E-state index contributed by atoms with van der Waals surface area (Å²) >= 11 is 0. The van der Waals surface area contributed by atoms with Gasteiger partial charge in [0.15, 0.2) is 0 Å². The van der Waals surface area contributed by atoms with Gasteiger partial charge in [-0.25, -0.2) is 4.79 Å². The molecule has 2 aromatic carbocycles. The van der Waals surface area contributed by atoms with Crippen LogP contribution in [0.4, 0.5) is 5.69 Å². The van der Waals surface area contributed by atoms with E-state index in [0.29, 0.717) is 5.58 Å². The van der Waals surface area contributed by atoms with Gasteiger partial charge >= 0.3 is 5.63 Å². The van der Waals surface area contributed by atoms with Crippen LogP contribution in [-0.2, 0) is 13.0 Å². The summed E-state index contributed by atoms with van der Waals surface area (Å²) in [5, 5.41) is 1.06. The van der Waals surface area contributed by atoms with Crippen LogP contribution >= 0.6 is 0 Å². The van der Waals surface area contributed by atoms with Crippen LogP contribution in [0.5, 0.6) is 5.75 Å². The molecule has 1 aliphatic rings. The summed E-state index contributed by atoms with van der Waals surface area (Å²) in [6.07, 6.45) is 0.932. The Hall–Kier alpha value is -2.79. The summed E-state index contributed by atoms with van der Waals surface area (Å²) < 4.78 is 10.8. The Kier molecular flexibility index (Phi) is 5.35. The van der Waals surface area contributed by atoms with Crippen molar-refractivity contribution in [3.63, 3.8) is 0 Å². The average Bonchev–Trinajstić information content (AvgIpc) is 2.73. The number of methoxy groups -OCH3 is 1. The van der Waals surface area contributed by atoms with Crippen molar-refractivity contribution >= 4 is 16.7 Å². The summed E-state index contributed by atoms with van der Waals surface area (Å²) in [4.78, 5) is 15.9. The molecule has 5 nitrogen and oxygen atoms in total. The number of fused-ring (bicyclic) bond motifs is 1. The van der Waals surface area contributed by atoms with Crippen LogP contribution in [0.1, 0.15) is 18.1 Å². The Morgan fingerprint density at radius 3 is 2.68 bits per heavy atom. The molecule has 0 radical (unpaired) electrons. The first-order valence-corrected chi connectivity index (χ1v) is 9.94. The third-order valence-electron chi connectivity index (χ3n) is 5.63. The van der Waals surface area contributed by atoms with Crippen LogP contribution in [0.25, 0.3) is 11.0 Å². The van der Waals surface area contributed by atoms with Gasteiger partial charge < -0.3 is 19.0 Å². The van der Waals surface area contributed by atoms with Gasteiger partial charge in [0.05, 0.1) is 33.3 Å². The van der Waals surface area contributed by atoms with Crippen molar-refractivity contribution in [1.82, 2.24) is 0 Å². The van der Waals surface area contributed by atoms with Crippen LogP contribution in [0, 0.1) is 0 Å². The maximum Gasteiger partial charge on any atom is 0.336 e. The normalized spacial score (nSPS) is 15.1. The molecular formula is C23H27N2O3+. The Labute approximate surface area is 165 Å². The smallest absolute Gasteiger partial charge is 0.336 e. The molecule has 1 saturated heterocycles. The number of piperazine rings is 1. The number of benzene rings is 2. The van der Waals surface area contributed by atoms with Crippen molar-refractivity contribution in [2.24, 2.45) is 0 Å². The lowest BCUT2D eigenvalue weighted by Gasteiger charge is -2.34. The van der Waals surface area contributed by atoms with E-state index in [0.717, 1.165) is 55.8 Å². The maximum absolute atomic E-state index is 12.0. The van der Waals surface area contributed by atoms with Crippen molar-refractivity contribution in [3.05, 3.63) is 70.1 Å². The number of hydrogen-bond donors (Lipinski definition) is 1. The molecule has 1 aliphatic heterocycles. The van der Waals surface area contributed by atoms with E-state index in [-0.39, 0.29) is 5.63 Å². The lowest BCUT2D eigenvalue weighted by Crippen LogP contribution is -3.13. The number of rotatable bonds is 5. The van der Waals surface area contributed by atoms with Gasteiger partial charge in [-0.3, -0.25) is 0 Å². The fourth-order valence-corrected chi connectivity index (χ4v) is 3.97. The van der Waals surface area contributed by atoms with E-state index in [1.165, 1.54) is 16.2 Å². The first-order chi connectivity index (χ1) is 13.7. The monoisotopic (exact) mass is 379 g/mol. The fraction of sp³-hybridized carbons (Fsp3) is 0.348. The van der Waals surface area contributed by atoms with E-state index in [4.69, 9.17) is 9.15 Å². The quantitative estimate of drug-likeness (QED) is 0.691. The summed E-state index contributed by atoms with van der Waals surface area (Å²) in [5.41, 5.74) is 3.92. The maximum atomic E-state index is 12.0. The van der Waals surface area contributed by atoms with E-state index >= 15 is 0 Å². The molecule has 0 amide bonds. The van der Waals surface area contributed by atoms with E-state index < -0.39 is 0 Å². The number of hydrogen-bond acceptors (Lipinski definition) is 4. The van der Waals surface area contributed by atoms with Gasteiger partial charge in [-0.05, 0) is 30.2 Å². The van der Waals surface area contributed by atoms with Gasteiger partial charge in [0.25, 0.3) is 0 Å². The second-order valence-electron chi connectivity index (χ2n) is 7.39. The van der Waals surface area contributed by atoms with Gasteiger partial charge in [0.1, 0.15) is 17.9 Å². The molecule has 0 unspecified atom stereocenters. The Bertz CT molecular complexity index is 1020. The number of nitrogens with zero attached hydrogens (tertiary/aromatic N) is 1. The molecule has 4 rings (SSSR count). The van der Waals surface area contributed by atoms with E-state index in [9.17, 15) is 4.79 Å². The highest BCUT2D eigenvalue weighted by Crippen LogP contribution is 2.21. The molecule has 0 saturated carbocycles. The van der Waals surface area contributed by atoms with Crippen molar-refractivity contribution in [2.45, 2.75) is 19.9 Å². The summed E-state index contributed by atoms with van der Waals surface area (Å²) in [6.45, 7) is 7.00. The molecule has 0 aliphatic carbocycles. The first-order valence-electron chi connectivity index (χ1n) is 9.94. The van der Waals surface area contributed by atoms with Gasteiger partial charge in [0, 0.05) is 28.8 Å². The molecule has 28 heavy (non-hydrogen) atoms. The van der Waals surface area contributed by atoms with Gasteiger partial charge in [0.2, 0.25) is 0 Å². The number of quaternary nitrogens is 1. The van der Waals surface area contributed by atoms with Gasteiger partial charge in [-0.2, -0.15) is 0 Å². The molecule has 0 atom stereocenters. The molecule has 3 aromatic rings. The van der Waals surface area contributed by atoms with Crippen LogP contribution in [-0.4, -0.2) is 33.3 Å².